The summed E-state index contributed by atoms with van der Waals surface area (Å²) < 4.78 is 10.5. The van der Waals surface area contributed by atoms with Crippen LogP contribution in [0.4, 0.5) is 17.1 Å². The lowest BCUT2D eigenvalue weighted by Crippen LogP contribution is -2.19. The van der Waals surface area contributed by atoms with Crippen LogP contribution in [0, 0.1) is 17.0 Å². The van der Waals surface area contributed by atoms with Gasteiger partial charge in [-0.2, -0.15) is 0 Å². The van der Waals surface area contributed by atoms with Crippen molar-refractivity contribution in [2.24, 2.45) is 0 Å². The monoisotopic (exact) mass is 361 g/mol. The molecule has 0 heterocycles. The van der Waals surface area contributed by atoms with E-state index in [2.05, 4.69) is 10.6 Å². The van der Waals surface area contributed by atoms with Gasteiger partial charge in [0.2, 0.25) is 0 Å². The summed E-state index contributed by atoms with van der Waals surface area (Å²) in [6.45, 7) is 4.29. The number of nitrogens with one attached hydrogen (secondary N) is 2. The SMILES string of the molecule is CCOc1ccc(NC(=S)Nc2cc(OC)c([N+](=O)[O-])cc2C)cc1. The molecule has 0 fully saturated rings. The Morgan fingerprint density at radius 3 is 2.48 bits per heavy atom. The third-order valence-corrected chi connectivity index (χ3v) is 3.60. The molecule has 0 aliphatic rings. The fourth-order valence-electron chi connectivity index (χ4n) is 2.20. The number of nitro benzene ring substituents is 1. The maximum atomic E-state index is 11.0. The zero-order valence-electron chi connectivity index (χ0n) is 14.2. The molecule has 0 aliphatic carbocycles. The molecule has 0 spiro atoms. The van der Waals surface area contributed by atoms with Crippen LogP contribution in [0.5, 0.6) is 11.5 Å². The fourth-order valence-corrected chi connectivity index (χ4v) is 2.43. The summed E-state index contributed by atoms with van der Waals surface area (Å²) in [4.78, 5) is 10.6. The summed E-state index contributed by atoms with van der Waals surface area (Å²) >= 11 is 5.30. The van der Waals surface area contributed by atoms with Gasteiger partial charge in [-0.1, -0.05) is 0 Å². The first-order valence-corrected chi connectivity index (χ1v) is 7.99. The Balaban J connectivity index is 2.10. The Morgan fingerprint density at radius 2 is 1.92 bits per heavy atom. The predicted molar refractivity (Wildman–Crippen MR) is 102 cm³/mol. The van der Waals surface area contributed by atoms with Crippen LogP contribution < -0.4 is 20.1 Å². The van der Waals surface area contributed by atoms with E-state index in [0.717, 1.165) is 11.4 Å². The van der Waals surface area contributed by atoms with Gasteiger partial charge in [0.05, 0.1) is 18.6 Å². The lowest BCUT2D eigenvalue weighted by atomic mass is 10.1. The largest absolute Gasteiger partial charge is 0.494 e. The smallest absolute Gasteiger partial charge is 0.311 e. The van der Waals surface area contributed by atoms with Crippen LogP contribution >= 0.6 is 12.2 Å². The first-order valence-electron chi connectivity index (χ1n) is 7.58. The zero-order chi connectivity index (χ0) is 18.4. The Bertz CT molecular complexity index is 778. The molecule has 2 N–H and O–H groups in total. The van der Waals surface area contributed by atoms with Gasteiger partial charge in [-0.05, 0) is 55.9 Å². The van der Waals surface area contributed by atoms with E-state index < -0.39 is 4.92 Å². The Kier molecular flexibility index (Phi) is 6.13. The summed E-state index contributed by atoms with van der Waals surface area (Å²) in [6.07, 6.45) is 0. The molecule has 2 aromatic carbocycles. The first-order chi connectivity index (χ1) is 11.9. The van der Waals surface area contributed by atoms with Crippen LogP contribution in [0.3, 0.4) is 0 Å². The first kappa shape index (κ1) is 18.5. The number of aryl methyl sites for hydroxylation is 1. The number of thiocarbonyl (C=S) groups is 1. The summed E-state index contributed by atoms with van der Waals surface area (Å²) in [6, 6.07) is 10.4. The van der Waals surface area contributed by atoms with Crippen LogP contribution in [0.25, 0.3) is 0 Å². The minimum Gasteiger partial charge on any atom is -0.494 e. The van der Waals surface area contributed by atoms with E-state index in [4.69, 9.17) is 21.7 Å². The van der Waals surface area contributed by atoms with E-state index in [9.17, 15) is 10.1 Å². The molecule has 0 saturated heterocycles. The minimum absolute atomic E-state index is 0.0871. The van der Waals surface area contributed by atoms with Gasteiger partial charge in [-0.3, -0.25) is 10.1 Å². The van der Waals surface area contributed by atoms with Gasteiger partial charge < -0.3 is 20.1 Å². The Morgan fingerprint density at radius 1 is 1.24 bits per heavy atom. The Hall–Kier alpha value is -2.87. The molecule has 0 aliphatic heterocycles. The van der Waals surface area contributed by atoms with E-state index in [1.165, 1.54) is 13.2 Å². The van der Waals surface area contributed by atoms with Crippen molar-refractivity contribution in [3.05, 3.63) is 52.1 Å². The standard InChI is InChI=1S/C17H19N3O4S/c1-4-24-13-7-5-12(6-8-13)18-17(25)19-14-10-16(23-3)15(20(21)22)9-11(14)2/h5-10H,4H2,1-3H3,(H2,18,19,25). The molecule has 0 amide bonds. The molecule has 8 heteroatoms. The molecule has 0 aromatic heterocycles. The highest BCUT2D eigenvalue weighted by Gasteiger charge is 2.17. The fraction of sp³-hybridized carbons (Fsp3) is 0.235. The number of rotatable bonds is 6. The highest BCUT2D eigenvalue weighted by Crippen LogP contribution is 2.32. The van der Waals surface area contributed by atoms with E-state index in [0.29, 0.717) is 23.0 Å². The molecule has 7 nitrogen and oxygen atoms in total. The number of hydrogen-bond acceptors (Lipinski definition) is 5. The summed E-state index contributed by atoms with van der Waals surface area (Å²) in [5, 5.41) is 17.5. The number of anilines is 2. The molecular weight excluding hydrogens is 342 g/mol. The van der Waals surface area contributed by atoms with Gasteiger partial charge >= 0.3 is 5.69 Å². The van der Waals surface area contributed by atoms with Gasteiger partial charge in [0.25, 0.3) is 0 Å². The van der Waals surface area contributed by atoms with E-state index >= 15 is 0 Å². The Labute approximate surface area is 151 Å². The van der Waals surface area contributed by atoms with Gasteiger partial charge in [0, 0.05) is 23.5 Å². The second-order valence-electron chi connectivity index (χ2n) is 5.13. The highest BCUT2D eigenvalue weighted by atomic mass is 32.1. The van der Waals surface area contributed by atoms with Crippen molar-refractivity contribution in [3.8, 4) is 11.5 Å². The van der Waals surface area contributed by atoms with E-state index in [1.807, 2.05) is 31.2 Å². The second-order valence-corrected chi connectivity index (χ2v) is 5.54. The van der Waals surface area contributed by atoms with E-state index in [1.54, 1.807) is 13.0 Å². The topological polar surface area (TPSA) is 85.7 Å². The maximum absolute atomic E-state index is 11.0. The molecule has 2 aromatic rings. The lowest BCUT2D eigenvalue weighted by Gasteiger charge is -2.14. The maximum Gasteiger partial charge on any atom is 0.311 e. The van der Waals surface area contributed by atoms with Crippen LogP contribution in [0.15, 0.2) is 36.4 Å². The molecule has 25 heavy (non-hydrogen) atoms. The molecule has 0 radical (unpaired) electrons. The third kappa shape index (κ3) is 4.80. The van der Waals surface area contributed by atoms with Crippen LogP contribution in [0.2, 0.25) is 0 Å². The third-order valence-electron chi connectivity index (χ3n) is 3.39. The van der Waals surface area contributed by atoms with Crippen molar-refractivity contribution in [3.63, 3.8) is 0 Å². The normalized spacial score (nSPS) is 10.0. The van der Waals surface area contributed by atoms with Gasteiger partial charge in [0.1, 0.15) is 5.75 Å². The molecule has 0 saturated carbocycles. The molecule has 2 rings (SSSR count). The van der Waals surface area contributed by atoms with Crippen molar-refractivity contribution in [1.29, 1.82) is 0 Å². The highest BCUT2D eigenvalue weighted by molar-refractivity contribution is 7.80. The van der Waals surface area contributed by atoms with Crippen molar-refractivity contribution in [2.45, 2.75) is 13.8 Å². The predicted octanol–water partition coefficient (Wildman–Crippen LogP) is 4.12. The molecular formula is C17H19N3O4S. The van der Waals surface area contributed by atoms with Crippen molar-refractivity contribution < 1.29 is 14.4 Å². The number of methoxy groups -OCH3 is 1. The van der Waals surface area contributed by atoms with Crippen LogP contribution in [0.1, 0.15) is 12.5 Å². The summed E-state index contributed by atoms with van der Waals surface area (Å²) in [7, 11) is 1.39. The number of nitro groups is 1. The molecule has 0 atom stereocenters. The van der Waals surface area contributed by atoms with Gasteiger partial charge in [-0.25, -0.2) is 0 Å². The molecule has 132 valence electrons. The van der Waals surface area contributed by atoms with Crippen LogP contribution in [-0.2, 0) is 0 Å². The zero-order valence-corrected chi connectivity index (χ0v) is 15.0. The average Bonchev–Trinajstić information content (AvgIpc) is 2.58. The van der Waals surface area contributed by atoms with E-state index in [-0.39, 0.29) is 11.4 Å². The number of benzene rings is 2. The number of hydrogen-bond donors (Lipinski definition) is 2. The lowest BCUT2D eigenvalue weighted by molar-refractivity contribution is -0.385. The van der Waals surface area contributed by atoms with Crippen molar-refractivity contribution >= 4 is 34.4 Å². The second kappa shape index (κ2) is 8.29. The summed E-state index contributed by atoms with van der Waals surface area (Å²) in [5.41, 5.74) is 2.03. The average molecular weight is 361 g/mol. The van der Waals surface area contributed by atoms with Gasteiger partial charge in [0.15, 0.2) is 10.9 Å². The van der Waals surface area contributed by atoms with Crippen molar-refractivity contribution in [2.75, 3.05) is 24.4 Å². The van der Waals surface area contributed by atoms with Gasteiger partial charge in [-0.15, -0.1) is 0 Å². The van der Waals surface area contributed by atoms with Crippen LogP contribution in [-0.4, -0.2) is 23.8 Å². The molecule has 0 unspecified atom stereocenters. The quantitative estimate of drug-likeness (QED) is 0.455. The molecule has 0 bridgehead atoms. The minimum atomic E-state index is -0.480. The van der Waals surface area contributed by atoms with Crippen molar-refractivity contribution in [1.82, 2.24) is 0 Å². The number of nitrogens with zero attached hydrogens (tertiary/aromatic N) is 1. The number of ether oxygens (including phenoxy) is 2. The summed E-state index contributed by atoms with van der Waals surface area (Å²) in [5.74, 6) is 0.949.